The van der Waals surface area contributed by atoms with E-state index >= 15 is 0 Å². The predicted octanol–water partition coefficient (Wildman–Crippen LogP) is 3.99. The number of ether oxygens (including phenoxy) is 1. The van der Waals surface area contributed by atoms with Gasteiger partial charge in [0.2, 0.25) is 0 Å². The molecular formula is C18H15BrN2O4. The summed E-state index contributed by atoms with van der Waals surface area (Å²) in [4.78, 5) is 28.5. The molecule has 7 heteroatoms. The lowest BCUT2D eigenvalue weighted by molar-refractivity contribution is 0.102. The molecule has 1 amide bonds. The molecule has 128 valence electrons. The number of pyridine rings is 1. The molecule has 0 fully saturated rings. The van der Waals surface area contributed by atoms with Gasteiger partial charge in [-0.3, -0.25) is 4.79 Å². The first-order valence-corrected chi connectivity index (χ1v) is 8.39. The molecule has 6 nitrogen and oxygen atoms in total. The Hall–Kier alpha value is -2.67. The van der Waals surface area contributed by atoms with Gasteiger partial charge in [-0.05, 0) is 54.0 Å². The number of fused-ring (bicyclic) bond motifs is 1. The van der Waals surface area contributed by atoms with Gasteiger partial charge in [0.1, 0.15) is 17.2 Å². The maximum atomic E-state index is 12.6. The topological polar surface area (TPSA) is 81.4 Å². The predicted molar refractivity (Wildman–Crippen MR) is 98.1 cm³/mol. The summed E-state index contributed by atoms with van der Waals surface area (Å²) in [5.74, 6) is 0.511. The third kappa shape index (κ3) is 4.06. The average molecular weight is 403 g/mol. The van der Waals surface area contributed by atoms with E-state index in [9.17, 15) is 9.59 Å². The van der Waals surface area contributed by atoms with Crippen LogP contribution in [0.2, 0.25) is 0 Å². The van der Waals surface area contributed by atoms with Gasteiger partial charge in [0, 0.05) is 28.2 Å². The highest BCUT2D eigenvalue weighted by Crippen LogP contribution is 2.24. The van der Waals surface area contributed by atoms with Crippen LogP contribution >= 0.6 is 15.9 Å². The van der Waals surface area contributed by atoms with Crippen LogP contribution in [0.5, 0.6) is 5.75 Å². The van der Waals surface area contributed by atoms with Crippen molar-refractivity contribution >= 4 is 38.6 Å². The molecular weight excluding hydrogens is 388 g/mol. The summed E-state index contributed by atoms with van der Waals surface area (Å²) < 4.78 is 11.6. The monoisotopic (exact) mass is 402 g/mol. The van der Waals surface area contributed by atoms with Crippen LogP contribution < -0.4 is 15.7 Å². The Kier molecular flexibility index (Phi) is 4.85. The van der Waals surface area contributed by atoms with Gasteiger partial charge in [0.25, 0.3) is 5.91 Å². The highest BCUT2D eigenvalue weighted by atomic mass is 79.9. The van der Waals surface area contributed by atoms with Crippen molar-refractivity contribution in [1.82, 2.24) is 4.98 Å². The lowest BCUT2D eigenvalue weighted by Gasteiger charge is -2.11. The molecule has 0 aliphatic rings. The smallest absolute Gasteiger partial charge is 0.337 e. The number of hydrogen-bond donors (Lipinski definition) is 1. The fourth-order valence-electron chi connectivity index (χ4n) is 2.31. The molecule has 0 bridgehead atoms. The zero-order valence-electron chi connectivity index (χ0n) is 13.6. The van der Waals surface area contributed by atoms with E-state index < -0.39 is 11.5 Å². The van der Waals surface area contributed by atoms with E-state index in [1.54, 1.807) is 36.5 Å². The van der Waals surface area contributed by atoms with E-state index in [-0.39, 0.29) is 11.7 Å². The molecule has 0 saturated carbocycles. The van der Waals surface area contributed by atoms with Crippen LogP contribution in [0, 0.1) is 0 Å². The number of benzene rings is 1. The summed E-state index contributed by atoms with van der Waals surface area (Å²) in [7, 11) is 0. The maximum absolute atomic E-state index is 12.6. The van der Waals surface area contributed by atoms with E-state index in [2.05, 4.69) is 26.2 Å². The van der Waals surface area contributed by atoms with Crippen LogP contribution in [0.4, 0.5) is 5.82 Å². The van der Waals surface area contributed by atoms with Crippen molar-refractivity contribution in [2.45, 2.75) is 20.0 Å². The molecule has 0 radical (unpaired) electrons. The van der Waals surface area contributed by atoms with Gasteiger partial charge in [-0.2, -0.15) is 0 Å². The largest absolute Gasteiger partial charge is 0.491 e. The number of rotatable bonds is 4. The summed E-state index contributed by atoms with van der Waals surface area (Å²) in [6, 6.07) is 9.61. The molecule has 0 unspecified atom stereocenters. The van der Waals surface area contributed by atoms with Crippen LogP contribution in [0.25, 0.3) is 11.0 Å². The zero-order chi connectivity index (χ0) is 18.0. The number of amides is 1. The van der Waals surface area contributed by atoms with Crippen molar-refractivity contribution in [3.8, 4) is 5.75 Å². The van der Waals surface area contributed by atoms with Crippen LogP contribution in [0.15, 0.2) is 56.3 Å². The summed E-state index contributed by atoms with van der Waals surface area (Å²) in [5.41, 5.74) is -0.102. The highest BCUT2D eigenvalue weighted by molar-refractivity contribution is 9.10. The quantitative estimate of drug-likeness (QED) is 0.667. The number of anilines is 1. The number of nitrogens with one attached hydrogen (secondary N) is 1. The Morgan fingerprint density at radius 2 is 2.04 bits per heavy atom. The Morgan fingerprint density at radius 1 is 1.24 bits per heavy atom. The maximum Gasteiger partial charge on any atom is 0.337 e. The lowest BCUT2D eigenvalue weighted by Crippen LogP contribution is -2.16. The van der Waals surface area contributed by atoms with Gasteiger partial charge >= 0.3 is 5.63 Å². The summed E-state index contributed by atoms with van der Waals surface area (Å²) in [6.07, 6.45) is 1.56. The van der Waals surface area contributed by atoms with Gasteiger partial charge in [-0.25, -0.2) is 9.78 Å². The Balaban J connectivity index is 1.98. The van der Waals surface area contributed by atoms with Crippen molar-refractivity contribution in [3.05, 3.63) is 63.1 Å². The summed E-state index contributed by atoms with van der Waals surface area (Å²) >= 11 is 3.28. The third-order valence-electron chi connectivity index (χ3n) is 3.30. The Bertz CT molecular complexity index is 981. The fraction of sp³-hybridized carbons (Fsp3) is 0.167. The van der Waals surface area contributed by atoms with Gasteiger partial charge in [-0.1, -0.05) is 0 Å². The molecule has 0 aliphatic heterocycles. The second kappa shape index (κ2) is 7.06. The van der Waals surface area contributed by atoms with Gasteiger partial charge in [0.05, 0.1) is 11.7 Å². The van der Waals surface area contributed by atoms with Crippen molar-refractivity contribution in [2.24, 2.45) is 0 Å². The molecule has 0 aliphatic carbocycles. The van der Waals surface area contributed by atoms with Gasteiger partial charge in [-0.15, -0.1) is 0 Å². The first-order chi connectivity index (χ1) is 11.9. The molecule has 1 aromatic carbocycles. The van der Waals surface area contributed by atoms with Crippen LogP contribution in [-0.2, 0) is 0 Å². The van der Waals surface area contributed by atoms with Crippen LogP contribution in [-0.4, -0.2) is 17.0 Å². The number of aromatic nitrogens is 1. The van der Waals surface area contributed by atoms with Crippen LogP contribution in [0.1, 0.15) is 24.2 Å². The number of nitrogens with zero attached hydrogens (tertiary/aromatic N) is 1. The molecule has 0 saturated heterocycles. The number of hydrogen-bond acceptors (Lipinski definition) is 5. The van der Waals surface area contributed by atoms with Crippen molar-refractivity contribution in [3.63, 3.8) is 0 Å². The Labute approximate surface area is 152 Å². The van der Waals surface area contributed by atoms with E-state index in [1.807, 2.05) is 13.8 Å². The van der Waals surface area contributed by atoms with Crippen molar-refractivity contribution in [2.75, 3.05) is 5.32 Å². The van der Waals surface area contributed by atoms with E-state index in [0.717, 1.165) is 4.47 Å². The summed E-state index contributed by atoms with van der Waals surface area (Å²) in [6.45, 7) is 3.80. The minimum atomic E-state index is -0.608. The first-order valence-electron chi connectivity index (χ1n) is 7.60. The zero-order valence-corrected chi connectivity index (χ0v) is 15.2. The molecule has 2 heterocycles. The highest BCUT2D eigenvalue weighted by Gasteiger charge is 2.15. The normalized spacial score (nSPS) is 10.9. The number of carbonyl (C=O) groups is 1. The molecule has 1 N–H and O–H groups in total. The van der Waals surface area contributed by atoms with Crippen molar-refractivity contribution in [1.29, 1.82) is 0 Å². The van der Waals surface area contributed by atoms with Gasteiger partial charge < -0.3 is 14.5 Å². The molecule has 3 aromatic rings. The standard InChI is InChI=1S/C18H15BrN2O4/c1-10(2)24-12-4-5-13-14(8-17(22)25-15(13)7-12)18(23)21-16-6-3-11(19)9-20-16/h3-10H,1-2H3,(H,20,21,23). The van der Waals surface area contributed by atoms with Crippen molar-refractivity contribution < 1.29 is 13.9 Å². The number of carbonyl (C=O) groups excluding carboxylic acids is 1. The molecule has 2 aromatic heterocycles. The molecule has 0 atom stereocenters. The molecule has 0 spiro atoms. The summed E-state index contributed by atoms with van der Waals surface area (Å²) in [5, 5.41) is 3.19. The minimum Gasteiger partial charge on any atom is -0.491 e. The Morgan fingerprint density at radius 3 is 2.72 bits per heavy atom. The van der Waals surface area contributed by atoms with E-state index in [0.29, 0.717) is 22.5 Å². The van der Waals surface area contributed by atoms with Gasteiger partial charge in [0.15, 0.2) is 0 Å². The second-order valence-corrected chi connectivity index (χ2v) is 6.54. The molecule has 25 heavy (non-hydrogen) atoms. The minimum absolute atomic E-state index is 0.0147. The molecule has 3 rings (SSSR count). The SMILES string of the molecule is CC(C)Oc1ccc2c(C(=O)Nc3ccc(Br)cn3)cc(=O)oc2c1. The second-order valence-electron chi connectivity index (χ2n) is 5.62. The third-order valence-corrected chi connectivity index (χ3v) is 3.77. The lowest BCUT2D eigenvalue weighted by atomic mass is 10.1. The fourth-order valence-corrected chi connectivity index (χ4v) is 2.54. The number of halogens is 1. The van der Waals surface area contributed by atoms with E-state index in [4.69, 9.17) is 9.15 Å². The van der Waals surface area contributed by atoms with Crippen LogP contribution in [0.3, 0.4) is 0 Å². The average Bonchev–Trinajstić information content (AvgIpc) is 2.55. The van der Waals surface area contributed by atoms with E-state index in [1.165, 1.54) is 6.07 Å². The first kappa shape index (κ1) is 17.2.